The SMILES string of the molecule is O=Cc1cc(C(=O)c2ccccc2)c(-c2cccs2)o1. The Labute approximate surface area is 119 Å². The Morgan fingerprint density at radius 2 is 1.90 bits per heavy atom. The van der Waals surface area contributed by atoms with Crippen LogP contribution in [-0.4, -0.2) is 12.1 Å². The molecule has 0 radical (unpaired) electrons. The van der Waals surface area contributed by atoms with Gasteiger partial charge in [0.25, 0.3) is 0 Å². The van der Waals surface area contributed by atoms with Crippen molar-refractivity contribution in [3.63, 3.8) is 0 Å². The molecule has 0 bridgehead atoms. The van der Waals surface area contributed by atoms with Gasteiger partial charge in [-0.25, -0.2) is 0 Å². The summed E-state index contributed by atoms with van der Waals surface area (Å²) >= 11 is 1.46. The molecule has 1 aromatic carbocycles. The van der Waals surface area contributed by atoms with Gasteiger partial charge < -0.3 is 4.42 Å². The molecule has 0 aliphatic heterocycles. The molecule has 20 heavy (non-hydrogen) atoms. The Balaban J connectivity index is 2.11. The van der Waals surface area contributed by atoms with Crippen molar-refractivity contribution in [1.29, 1.82) is 0 Å². The Morgan fingerprint density at radius 1 is 1.10 bits per heavy atom. The summed E-state index contributed by atoms with van der Waals surface area (Å²) in [5, 5.41) is 1.90. The minimum absolute atomic E-state index is 0.147. The van der Waals surface area contributed by atoms with Gasteiger partial charge in [0.2, 0.25) is 0 Å². The second-order valence-electron chi connectivity index (χ2n) is 4.18. The number of rotatable bonds is 4. The molecule has 0 saturated carbocycles. The van der Waals surface area contributed by atoms with E-state index in [0.717, 1.165) is 4.88 Å². The van der Waals surface area contributed by atoms with Crippen molar-refractivity contribution < 1.29 is 14.0 Å². The number of hydrogen-bond donors (Lipinski definition) is 0. The number of aldehydes is 1. The third-order valence-electron chi connectivity index (χ3n) is 2.89. The Morgan fingerprint density at radius 3 is 2.55 bits per heavy atom. The van der Waals surface area contributed by atoms with Gasteiger partial charge in [-0.1, -0.05) is 36.4 Å². The van der Waals surface area contributed by atoms with E-state index in [-0.39, 0.29) is 11.5 Å². The van der Waals surface area contributed by atoms with Crippen LogP contribution in [0.5, 0.6) is 0 Å². The lowest BCUT2D eigenvalue weighted by molar-refractivity contribution is 0.103. The topological polar surface area (TPSA) is 47.3 Å². The van der Waals surface area contributed by atoms with Crippen LogP contribution in [-0.2, 0) is 0 Å². The van der Waals surface area contributed by atoms with Crippen molar-refractivity contribution in [2.45, 2.75) is 0 Å². The smallest absolute Gasteiger partial charge is 0.196 e. The molecule has 0 aliphatic rings. The maximum Gasteiger partial charge on any atom is 0.196 e. The molecule has 3 aromatic rings. The maximum atomic E-state index is 12.5. The van der Waals surface area contributed by atoms with E-state index in [4.69, 9.17) is 4.42 Å². The van der Waals surface area contributed by atoms with Gasteiger partial charge in [0, 0.05) is 5.56 Å². The highest BCUT2D eigenvalue weighted by atomic mass is 32.1. The second-order valence-corrected chi connectivity index (χ2v) is 5.13. The molecular formula is C16H10O3S. The molecule has 98 valence electrons. The molecule has 0 N–H and O–H groups in total. The molecule has 2 aromatic heterocycles. The highest BCUT2D eigenvalue weighted by Gasteiger charge is 2.20. The van der Waals surface area contributed by atoms with Crippen LogP contribution in [0.15, 0.2) is 58.3 Å². The van der Waals surface area contributed by atoms with Crippen molar-refractivity contribution in [3.8, 4) is 10.6 Å². The lowest BCUT2D eigenvalue weighted by Crippen LogP contribution is -2.00. The summed E-state index contributed by atoms with van der Waals surface area (Å²) < 4.78 is 5.47. The molecule has 2 heterocycles. The maximum absolute atomic E-state index is 12.5. The Hall–Kier alpha value is -2.46. The highest BCUT2D eigenvalue weighted by Crippen LogP contribution is 2.31. The van der Waals surface area contributed by atoms with Crippen LogP contribution in [0.4, 0.5) is 0 Å². The van der Waals surface area contributed by atoms with Gasteiger partial charge in [0.05, 0.1) is 10.4 Å². The van der Waals surface area contributed by atoms with Crippen molar-refractivity contribution >= 4 is 23.4 Å². The van der Waals surface area contributed by atoms with E-state index in [1.807, 2.05) is 23.6 Å². The van der Waals surface area contributed by atoms with Crippen LogP contribution in [0, 0.1) is 0 Å². The number of ketones is 1. The fraction of sp³-hybridized carbons (Fsp3) is 0. The average Bonchev–Trinajstić information content (AvgIpc) is 3.16. The first-order valence-corrected chi connectivity index (χ1v) is 6.90. The first-order valence-electron chi connectivity index (χ1n) is 6.02. The van der Waals surface area contributed by atoms with Gasteiger partial charge in [-0.3, -0.25) is 9.59 Å². The molecule has 0 spiro atoms. The standard InChI is InChI=1S/C16H10O3S/c17-10-12-9-13(15(18)11-5-2-1-3-6-11)16(19-12)14-7-4-8-20-14/h1-10H. The lowest BCUT2D eigenvalue weighted by atomic mass is 10.0. The van der Waals surface area contributed by atoms with Crippen LogP contribution < -0.4 is 0 Å². The third-order valence-corrected chi connectivity index (χ3v) is 3.76. The quantitative estimate of drug-likeness (QED) is 0.535. The van der Waals surface area contributed by atoms with Crippen LogP contribution in [0.25, 0.3) is 10.6 Å². The van der Waals surface area contributed by atoms with E-state index in [1.165, 1.54) is 17.4 Å². The minimum atomic E-state index is -0.147. The second kappa shape index (κ2) is 5.27. The van der Waals surface area contributed by atoms with Crippen molar-refractivity contribution in [2.24, 2.45) is 0 Å². The number of furan rings is 1. The van der Waals surface area contributed by atoms with E-state index in [2.05, 4.69) is 0 Å². The van der Waals surface area contributed by atoms with Crippen molar-refractivity contribution in [2.75, 3.05) is 0 Å². The summed E-state index contributed by atoms with van der Waals surface area (Å²) in [6.07, 6.45) is 0.610. The van der Waals surface area contributed by atoms with Gasteiger partial charge in [-0.2, -0.15) is 0 Å². The molecule has 3 rings (SSSR count). The number of thiophene rings is 1. The zero-order chi connectivity index (χ0) is 13.9. The first-order chi connectivity index (χ1) is 9.79. The average molecular weight is 282 g/mol. The molecule has 0 atom stereocenters. The van der Waals surface area contributed by atoms with Gasteiger partial charge in [-0.05, 0) is 17.5 Å². The number of carbonyl (C=O) groups is 2. The minimum Gasteiger partial charge on any atom is -0.452 e. The Kier molecular flexibility index (Phi) is 3.31. The van der Waals surface area contributed by atoms with Crippen LogP contribution >= 0.6 is 11.3 Å². The molecule has 0 unspecified atom stereocenters. The van der Waals surface area contributed by atoms with Crippen LogP contribution in [0.1, 0.15) is 26.5 Å². The highest BCUT2D eigenvalue weighted by molar-refractivity contribution is 7.13. The summed E-state index contributed by atoms with van der Waals surface area (Å²) in [6.45, 7) is 0. The predicted octanol–water partition coefficient (Wildman–Crippen LogP) is 4.05. The van der Waals surface area contributed by atoms with Gasteiger partial charge in [0.1, 0.15) is 0 Å². The third kappa shape index (κ3) is 2.21. The van der Waals surface area contributed by atoms with E-state index in [9.17, 15) is 9.59 Å². The molecule has 4 heteroatoms. The van der Waals surface area contributed by atoms with E-state index >= 15 is 0 Å². The van der Waals surface area contributed by atoms with Crippen LogP contribution in [0.3, 0.4) is 0 Å². The summed E-state index contributed by atoms with van der Waals surface area (Å²) in [6, 6.07) is 14.2. The van der Waals surface area contributed by atoms with Gasteiger partial charge in [-0.15, -0.1) is 11.3 Å². The molecule has 0 saturated heterocycles. The monoisotopic (exact) mass is 282 g/mol. The zero-order valence-corrected chi connectivity index (χ0v) is 11.2. The molecular weight excluding hydrogens is 272 g/mol. The number of benzene rings is 1. The number of carbonyl (C=O) groups excluding carboxylic acids is 2. The van der Waals surface area contributed by atoms with Crippen molar-refractivity contribution in [3.05, 3.63) is 70.8 Å². The lowest BCUT2D eigenvalue weighted by Gasteiger charge is -2.00. The normalized spacial score (nSPS) is 10.4. The Bertz CT molecular complexity index is 739. The molecule has 0 fully saturated rings. The summed E-state index contributed by atoms with van der Waals surface area (Å²) in [5.41, 5.74) is 0.990. The fourth-order valence-electron chi connectivity index (χ4n) is 1.97. The molecule has 3 nitrogen and oxygen atoms in total. The first kappa shape index (κ1) is 12.6. The number of hydrogen-bond acceptors (Lipinski definition) is 4. The summed E-state index contributed by atoms with van der Waals surface area (Å²) in [7, 11) is 0. The summed E-state index contributed by atoms with van der Waals surface area (Å²) in [5.74, 6) is 0.467. The zero-order valence-electron chi connectivity index (χ0n) is 10.4. The van der Waals surface area contributed by atoms with Gasteiger partial charge in [0.15, 0.2) is 23.6 Å². The predicted molar refractivity (Wildman–Crippen MR) is 77.3 cm³/mol. The van der Waals surface area contributed by atoms with Crippen molar-refractivity contribution in [1.82, 2.24) is 0 Å². The van der Waals surface area contributed by atoms with E-state index in [0.29, 0.717) is 23.2 Å². The largest absolute Gasteiger partial charge is 0.452 e. The van der Waals surface area contributed by atoms with E-state index in [1.54, 1.807) is 24.3 Å². The van der Waals surface area contributed by atoms with Gasteiger partial charge >= 0.3 is 0 Å². The van der Waals surface area contributed by atoms with Crippen LogP contribution in [0.2, 0.25) is 0 Å². The molecule has 0 amide bonds. The summed E-state index contributed by atoms with van der Waals surface area (Å²) in [4.78, 5) is 24.3. The molecule has 0 aliphatic carbocycles. The van der Waals surface area contributed by atoms with E-state index < -0.39 is 0 Å². The fourth-order valence-corrected chi connectivity index (χ4v) is 2.69.